The summed E-state index contributed by atoms with van der Waals surface area (Å²) >= 11 is -0.656. The van der Waals surface area contributed by atoms with Crippen molar-refractivity contribution < 1.29 is 14.3 Å². The number of carbonyl (C=O) groups excluding carboxylic acids is 2. The van der Waals surface area contributed by atoms with Crippen LogP contribution >= 0.6 is 20.7 Å². The monoisotopic (exact) mass is 384 g/mol. The van der Waals surface area contributed by atoms with E-state index in [2.05, 4.69) is 16.4 Å². The van der Waals surface area contributed by atoms with Crippen LogP contribution in [0.2, 0.25) is 0 Å². The summed E-state index contributed by atoms with van der Waals surface area (Å²) in [5.74, 6) is 4.70. The Labute approximate surface area is 129 Å². The highest BCUT2D eigenvalue weighted by atomic mass is 127. The summed E-state index contributed by atoms with van der Waals surface area (Å²) in [7, 11) is 0. The van der Waals surface area contributed by atoms with Crippen molar-refractivity contribution in [3.63, 3.8) is 0 Å². The summed E-state index contributed by atoms with van der Waals surface area (Å²) in [6.07, 6.45) is 0.452. The van der Waals surface area contributed by atoms with Gasteiger partial charge in [-0.2, -0.15) is 0 Å². The number of rotatable bonds is 3. The molecule has 0 aliphatic heterocycles. The molecule has 0 unspecified atom stereocenters. The third-order valence-electron chi connectivity index (χ3n) is 2.18. The molecule has 106 valence electrons. The molecule has 0 amide bonds. The average Bonchev–Trinajstić information content (AvgIpc) is 2.36. The van der Waals surface area contributed by atoms with Gasteiger partial charge in [0.05, 0.1) is 0 Å². The third kappa shape index (κ3) is 6.11. The van der Waals surface area contributed by atoms with Crippen LogP contribution in [0.15, 0.2) is 24.3 Å². The van der Waals surface area contributed by atoms with E-state index in [1.54, 1.807) is 32.9 Å². The smallest absolute Gasteiger partial charge is 0.384 e. The molecule has 0 aromatic heterocycles. The Morgan fingerprint density at radius 2 is 1.85 bits per heavy atom. The van der Waals surface area contributed by atoms with Gasteiger partial charge in [-0.25, -0.2) is 4.79 Å². The molecule has 0 spiro atoms. The number of esters is 1. The van der Waals surface area contributed by atoms with E-state index in [9.17, 15) is 9.59 Å². The second-order valence-corrected chi connectivity index (χ2v) is 6.83. The van der Waals surface area contributed by atoms with Crippen molar-refractivity contribution >= 4 is 35.0 Å². The number of carbonyl (C=O) groups is 2. The summed E-state index contributed by atoms with van der Waals surface area (Å²) in [5.41, 5.74) is 1.13. The Morgan fingerprint density at radius 1 is 1.25 bits per heavy atom. The lowest BCUT2D eigenvalue weighted by atomic mass is 10.1. The Bertz CT molecular complexity index is 568. The van der Waals surface area contributed by atoms with Crippen LogP contribution in [0.25, 0.3) is 0 Å². The van der Waals surface area contributed by atoms with Gasteiger partial charge in [-0.3, -0.25) is 4.79 Å². The van der Waals surface area contributed by atoms with Crippen LogP contribution in [0, 0.1) is 11.8 Å². The minimum atomic E-state index is -0.656. The van der Waals surface area contributed by atoms with Crippen LogP contribution in [-0.4, -0.2) is 19.9 Å². The SMILES string of the molecule is C=IC(=O)c1ccc(CC#CC(=O)OC(C)(C)C)cc1. The molecule has 0 aliphatic carbocycles. The molecule has 0 bridgehead atoms. The molecule has 0 N–H and O–H groups in total. The number of ether oxygens (including phenoxy) is 1. The molecule has 0 aliphatic rings. The van der Waals surface area contributed by atoms with E-state index in [1.807, 2.05) is 12.1 Å². The predicted molar refractivity (Wildman–Crippen MR) is 89.2 cm³/mol. The van der Waals surface area contributed by atoms with Gasteiger partial charge < -0.3 is 4.74 Å². The summed E-state index contributed by atoms with van der Waals surface area (Å²) in [5, 5.41) is 0. The zero-order chi connectivity index (χ0) is 15.2. The van der Waals surface area contributed by atoms with Gasteiger partial charge in [-0.15, -0.1) is 0 Å². The highest BCUT2D eigenvalue weighted by Crippen LogP contribution is 2.11. The molecule has 0 fully saturated rings. The summed E-state index contributed by atoms with van der Waals surface area (Å²) in [6, 6.07) is 7.24. The number of halogens is 1. The van der Waals surface area contributed by atoms with Gasteiger partial charge in [0, 0.05) is 17.9 Å². The zero-order valence-corrected chi connectivity index (χ0v) is 14.0. The summed E-state index contributed by atoms with van der Waals surface area (Å²) in [4.78, 5) is 22.8. The standard InChI is InChI=1S/C16H17IO3/c1-16(2,3)20-14(18)7-5-6-12-8-10-13(11-9-12)15(19)17-4/h8-11H,4,6H2,1-3H3. The van der Waals surface area contributed by atoms with Gasteiger partial charge in [-0.1, -0.05) is 34.7 Å². The Kier molecular flexibility index (Phi) is 6.08. The fourth-order valence-electron chi connectivity index (χ4n) is 1.35. The van der Waals surface area contributed by atoms with Crippen molar-refractivity contribution in [1.29, 1.82) is 0 Å². The fraction of sp³-hybridized carbons (Fsp3) is 0.312. The van der Waals surface area contributed by atoms with E-state index in [4.69, 9.17) is 4.74 Å². The number of hydrogen-bond acceptors (Lipinski definition) is 3. The Hall–Kier alpha value is -1.48. The molecule has 1 aromatic rings. The van der Waals surface area contributed by atoms with Gasteiger partial charge >= 0.3 is 5.97 Å². The van der Waals surface area contributed by atoms with E-state index in [0.717, 1.165) is 5.56 Å². The molecular formula is C16H17IO3. The summed E-state index contributed by atoms with van der Waals surface area (Å²) in [6.45, 7) is 5.40. The number of hydrogen-bond donors (Lipinski definition) is 0. The first-order valence-electron chi connectivity index (χ1n) is 6.05. The van der Waals surface area contributed by atoms with Gasteiger partial charge in [0.2, 0.25) is 3.79 Å². The number of benzene rings is 1. The lowest BCUT2D eigenvalue weighted by Crippen LogP contribution is -2.22. The summed E-state index contributed by atoms with van der Waals surface area (Å²) < 4.78 is 8.87. The van der Waals surface area contributed by atoms with Crippen molar-refractivity contribution in [2.45, 2.75) is 32.8 Å². The predicted octanol–water partition coefficient (Wildman–Crippen LogP) is 3.12. The maximum Gasteiger partial charge on any atom is 0.384 e. The molecule has 4 heteroatoms. The first-order valence-corrected chi connectivity index (χ1v) is 8.66. The molecule has 0 radical (unpaired) electrons. The maximum absolute atomic E-state index is 11.5. The molecule has 3 nitrogen and oxygen atoms in total. The van der Waals surface area contributed by atoms with Crippen LogP contribution in [0.4, 0.5) is 0 Å². The fourth-order valence-corrected chi connectivity index (χ4v) is 2.15. The quantitative estimate of drug-likeness (QED) is 0.265. The van der Waals surface area contributed by atoms with E-state index >= 15 is 0 Å². The second-order valence-electron chi connectivity index (χ2n) is 5.08. The molecule has 0 heterocycles. The van der Waals surface area contributed by atoms with E-state index in [1.165, 1.54) is 0 Å². The average molecular weight is 384 g/mol. The third-order valence-corrected chi connectivity index (χ3v) is 3.50. The molecule has 0 saturated carbocycles. The van der Waals surface area contributed by atoms with Gasteiger partial charge in [0.25, 0.3) is 0 Å². The van der Waals surface area contributed by atoms with Crippen LogP contribution < -0.4 is 0 Å². The Balaban J connectivity index is 2.61. The first kappa shape index (κ1) is 16.6. The van der Waals surface area contributed by atoms with Crippen LogP contribution in [-0.2, 0) is 16.0 Å². The lowest BCUT2D eigenvalue weighted by Gasteiger charge is -2.16. The van der Waals surface area contributed by atoms with Gasteiger partial charge in [-0.05, 0) is 47.1 Å². The molecule has 1 rings (SSSR count). The molecule has 0 atom stereocenters. The van der Waals surface area contributed by atoms with Crippen molar-refractivity contribution in [2.24, 2.45) is 0 Å². The first-order chi connectivity index (χ1) is 9.31. The van der Waals surface area contributed by atoms with E-state index in [0.29, 0.717) is 12.0 Å². The normalized spacial score (nSPS) is 10.3. The highest BCUT2D eigenvalue weighted by molar-refractivity contribution is 14.2. The minimum absolute atomic E-state index is 0.121. The van der Waals surface area contributed by atoms with Crippen molar-refractivity contribution in [3.05, 3.63) is 35.4 Å². The van der Waals surface area contributed by atoms with Crippen LogP contribution in [0.5, 0.6) is 0 Å². The van der Waals surface area contributed by atoms with Crippen molar-refractivity contribution in [3.8, 4) is 11.8 Å². The highest BCUT2D eigenvalue weighted by Gasteiger charge is 2.13. The van der Waals surface area contributed by atoms with E-state index < -0.39 is 32.3 Å². The van der Waals surface area contributed by atoms with Crippen molar-refractivity contribution in [2.75, 3.05) is 0 Å². The largest absolute Gasteiger partial charge is 0.450 e. The van der Waals surface area contributed by atoms with Gasteiger partial charge in [0.15, 0.2) is 0 Å². The Morgan fingerprint density at radius 3 is 2.35 bits per heavy atom. The zero-order valence-electron chi connectivity index (χ0n) is 11.8. The topological polar surface area (TPSA) is 43.4 Å². The second kappa shape index (κ2) is 7.34. The molecular weight excluding hydrogens is 367 g/mol. The van der Waals surface area contributed by atoms with E-state index in [-0.39, 0.29) is 3.79 Å². The van der Waals surface area contributed by atoms with Crippen LogP contribution in [0.1, 0.15) is 36.7 Å². The van der Waals surface area contributed by atoms with Crippen molar-refractivity contribution in [1.82, 2.24) is 0 Å². The molecule has 0 saturated heterocycles. The van der Waals surface area contributed by atoms with Crippen LogP contribution in [0.3, 0.4) is 0 Å². The minimum Gasteiger partial charge on any atom is -0.450 e. The molecule has 20 heavy (non-hydrogen) atoms. The molecule has 1 aromatic carbocycles. The van der Waals surface area contributed by atoms with Gasteiger partial charge in [0.1, 0.15) is 5.60 Å². The maximum atomic E-state index is 11.5. The lowest BCUT2D eigenvalue weighted by molar-refractivity contribution is -0.147.